The Morgan fingerprint density at radius 3 is 0.966 bits per heavy atom. The number of para-hydroxylation sites is 4. The zero-order valence-corrected chi connectivity index (χ0v) is 33.4. The van der Waals surface area contributed by atoms with Crippen molar-refractivity contribution in [2.45, 2.75) is 36.1 Å². The fourth-order valence-corrected chi connectivity index (χ4v) is 8.12. The predicted octanol–water partition coefficient (Wildman–Crippen LogP) is 7.39. The number of nitrogens with one attached hydrogen (secondary N) is 2. The van der Waals surface area contributed by atoms with Crippen LogP contribution in [0.1, 0.15) is 58.3 Å². The van der Waals surface area contributed by atoms with Crippen LogP contribution in [-0.4, -0.2) is 50.5 Å². The molecule has 1 aliphatic rings. The van der Waals surface area contributed by atoms with Crippen molar-refractivity contribution in [1.82, 2.24) is 10.6 Å². The van der Waals surface area contributed by atoms with Crippen LogP contribution in [0.4, 0.5) is 0 Å². The molecule has 6 aromatic rings. The smallest absolute Gasteiger partial charge is 0.236 e. The summed E-state index contributed by atoms with van der Waals surface area (Å²) >= 11 is 0. The zero-order valence-electron chi connectivity index (χ0n) is 33.4. The minimum Gasteiger partial charge on any atom is -0.496 e. The van der Waals surface area contributed by atoms with Gasteiger partial charge in [-0.25, -0.2) is 0 Å². The molecule has 2 amide bonds. The number of hydrogen-bond acceptors (Lipinski definition) is 8. The van der Waals surface area contributed by atoms with Crippen LogP contribution in [0.25, 0.3) is 0 Å². The normalized spacial score (nSPS) is 14.3. The van der Waals surface area contributed by atoms with Crippen molar-refractivity contribution in [1.29, 1.82) is 0 Å². The van der Waals surface area contributed by atoms with Crippen LogP contribution in [0.3, 0.4) is 0 Å². The third-order valence-corrected chi connectivity index (χ3v) is 11.3. The number of benzene rings is 6. The molecule has 10 heteroatoms. The third-order valence-electron chi connectivity index (χ3n) is 11.3. The van der Waals surface area contributed by atoms with E-state index in [1.807, 2.05) is 60.7 Å². The quantitative estimate of drug-likeness (QED) is 0.0746. The Hall–Kier alpha value is -6.62. The van der Waals surface area contributed by atoms with Gasteiger partial charge in [-0.1, -0.05) is 133 Å². The molecule has 302 valence electrons. The van der Waals surface area contributed by atoms with E-state index in [0.717, 1.165) is 0 Å². The van der Waals surface area contributed by atoms with Gasteiger partial charge in [-0.3, -0.25) is 9.59 Å². The van der Waals surface area contributed by atoms with Gasteiger partial charge in [0.05, 0.1) is 40.5 Å². The molecule has 2 atom stereocenters. The van der Waals surface area contributed by atoms with Crippen molar-refractivity contribution in [3.8, 4) is 23.0 Å². The molecule has 0 radical (unpaired) electrons. The average Bonchev–Trinajstić information content (AvgIpc) is 4.12. The van der Waals surface area contributed by atoms with Crippen LogP contribution in [0.15, 0.2) is 158 Å². The van der Waals surface area contributed by atoms with Crippen molar-refractivity contribution in [3.63, 3.8) is 0 Å². The molecule has 0 spiro atoms. The van der Waals surface area contributed by atoms with E-state index in [9.17, 15) is 10.2 Å². The highest BCUT2D eigenvalue weighted by molar-refractivity contribution is 6.08. The van der Waals surface area contributed by atoms with Crippen molar-refractivity contribution < 1.29 is 38.7 Å². The van der Waals surface area contributed by atoms with E-state index in [-0.39, 0.29) is 12.8 Å². The molecule has 1 fully saturated rings. The summed E-state index contributed by atoms with van der Waals surface area (Å²) in [5.41, 5.74) is -2.90. The van der Waals surface area contributed by atoms with Crippen LogP contribution in [0.2, 0.25) is 0 Å². The SMILES string of the molecule is COc1ccccc1C(O)(c1ccccc1OC)[C@H](NC(=O)C1(C(=O)N[C@H](c2ccccc2)C(O)(c2ccccc2OC)c2ccccc2OC)CC1)c1ccccc1. The minimum atomic E-state index is -1.98. The Kier molecular flexibility index (Phi) is 11.7. The minimum absolute atomic E-state index is 0.219. The summed E-state index contributed by atoms with van der Waals surface area (Å²) in [7, 11) is 6.06. The topological polar surface area (TPSA) is 136 Å². The maximum absolute atomic E-state index is 15.0. The number of rotatable bonds is 16. The lowest BCUT2D eigenvalue weighted by Gasteiger charge is -2.41. The summed E-state index contributed by atoms with van der Waals surface area (Å²) in [5.74, 6) is 0.328. The van der Waals surface area contributed by atoms with Gasteiger partial charge in [0.25, 0.3) is 0 Å². The monoisotopic (exact) mass is 792 g/mol. The lowest BCUT2D eigenvalue weighted by molar-refractivity contribution is -0.140. The lowest BCUT2D eigenvalue weighted by Crippen LogP contribution is -2.52. The van der Waals surface area contributed by atoms with Crippen molar-refractivity contribution in [3.05, 3.63) is 191 Å². The molecule has 1 aliphatic carbocycles. The molecule has 1 saturated carbocycles. The van der Waals surface area contributed by atoms with Crippen LogP contribution in [-0.2, 0) is 20.8 Å². The molecule has 59 heavy (non-hydrogen) atoms. The molecule has 7 rings (SSSR count). The number of ether oxygens (including phenoxy) is 4. The second kappa shape index (κ2) is 17.1. The molecular weight excluding hydrogens is 745 g/mol. The third kappa shape index (κ3) is 7.37. The van der Waals surface area contributed by atoms with Crippen LogP contribution in [0.5, 0.6) is 23.0 Å². The first kappa shape index (κ1) is 40.6. The highest BCUT2D eigenvalue weighted by Gasteiger charge is 2.60. The number of aliphatic hydroxyl groups is 2. The Labute approximate surface area is 344 Å². The fraction of sp³-hybridized carbons (Fsp3) is 0.224. The Bertz CT molecular complexity index is 2140. The number of hydrogen-bond donors (Lipinski definition) is 4. The molecule has 0 bridgehead atoms. The highest BCUT2D eigenvalue weighted by Crippen LogP contribution is 2.53. The largest absolute Gasteiger partial charge is 0.496 e. The Balaban J connectivity index is 1.35. The van der Waals surface area contributed by atoms with E-state index in [1.165, 1.54) is 28.4 Å². The van der Waals surface area contributed by atoms with Crippen molar-refractivity contribution in [2.75, 3.05) is 28.4 Å². The van der Waals surface area contributed by atoms with Gasteiger partial charge in [0.15, 0.2) is 0 Å². The lowest BCUT2D eigenvalue weighted by atomic mass is 9.75. The van der Waals surface area contributed by atoms with Gasteiger partial charge in [-0.2, -0.15) is 0 Å². The van der Waals surface area contributed by atoms with Gasteiger partial charge in [-0.05, 0) is 48.2 Å². The molecule has 0 heterocycles. The Morgan fingerprint density at radius 2 is 0.712 bits per heavy atom. The number of amides is 2. The van der Waals surface area contributed by atoms with Gasteiger partial charge in [0.1, 0.15) is 39.6 Å². The van der Waals surface area contributed by atoms with Crippen LogP contribution in [0, 0.1) is 5.41 Å². The van der Waals surface area contributed by atoms with E-state index in [2.05, 4.69) is 10.6 Å². The number of carbonyl (C=O) groups excluding carboxylic acids is 2. The highest BCUT2D eigenvalue weighted by atomic mass is 16.5. The molecule has 0 aromatic heterocycles. The van der Waals surface area contributed by atoms with Gasteiger partial charge < -0.3 is 39.8 Å². The van der Waals surface area contributed by atoms with Crippen molar-refractivity contribution >= 4 is 11.8 Å². The van der Waals surface area contributed by atoms with Crippen molar-refractivity contribution in [2.24, 2.45) is 5.41 Å². The van der Waals surface area contributed by atoms with E-state index in [0.29, 0.717) is 56.4 Å². The van der Waals surface area contributed by atoms with Gasteiger partial charge in [-0.15, -0.1) is 0 Å². The first-order valence-corrected chi connectivity index (χ1v) is 19.4. The first-order valence-electron chi connectivity index (χ1n) is 19.4. The Morgan fingerprint density at radius 1 is 0.458 bits per heavy atom. The van der Waals surface area contributed by atoms with Gasteiger partial charge in [0, 0.05) is 22.3 Å². The fourth-order valence-electron chi connectivity index (χ4n) is 8.12. The summed E-state index contributed by atoms with van der Waals surface area (Å²) in [6, 6.07) is 44.2. The molecule has 4 N–H and O–H groups in total. The molecular formula is C49H48N2O8. The summed E-state index contributed by atoms with van der Waals surface area (Å²) in [6.07, 6.45) is 0.439. The van der Waals surface area contributed by atoms with E-state index in [4.69, 9.17) is 18.9 Å². The second-order valence-corrected chi connectivity index (χ2v) is 14.6. The maximum Gasteiger partial charge on any atom is 0.236 e. The summed E-state index contributed by atoms with van der Waals surface area (Å²) in [4.78, 5) is 30.1. The first-order chi connectivity index (χ1) is 28.7. The van der Waals surface area contributed by atoms with Gasteiger partial charge >= 0.3 is 0 Å². The summed E-state index contributed by atoms with van der Waals surface area (Å²) in [5, 5.41) is 33.1. The van der Waals surface area contributed by atoms with Gasteiger partial charge in [0.2, 0.25) is 11.8 Å². The molecule has 0 aliphatic heterocycles. The van der Waals surface area contributed by atoms with Crippen LogP contribution >= 0.6 is 0 Å². The molecule has 10 nitrogen and oxygen atoms in total. The molecule has 6 aromatic carbocycles. The summed E-state index contributed by atoms with van der Waals surface area (Å²) < 4.78 is 23.2. The number of methoxy groups -OCH3 is 4. The van der Waals surface area contributed by atoms with E-state index >= 15 is 9.59 Å². The van der Waals surface area contributed by atoms with E-state index < -0.39 is 40.5 Å². The zero-order chi connectivity index (χ0) is 41.6. The van der Waals surface area contributed by atoms with Crippen LogP contribution < -0.4 is 29.6 Å². The standard InChI is InChI=1S/C49H48N2O8/c1-56-39-27-15-11-23-35(39)48(54,36-24-12-16-28-40(36)57-2)43(33-19-7-5-8-20-33)50-45(52)47(31-32-47)46(53)51-44(34-21-9-6-10-22-34)49(55,37-25-13-17-29-41(37)58-3)38-26-14-18-30-42(38)59-4/h5-30,43-44,54-55H,31-32H2,1-4H3,(H,50,52)(H,51,53)/t43-,44-/m1/s1. The van der Waals surface area contributed by atoms with E-state index in [1.54, 1.807) is 97.1 Å². The maximum atomic E-state index is 15.0. The molecule has 0 unspecified atom stereocenters. The number of carbonyl (C=O) groups is 2. The molecule has 0 saturated heterocycles. The second-order valence-electron chi connectivity index (χ2n) is 14.6. The predicted molar refractivity (Wildman–Crippen MR) is 224 cm³/mol. The average molecular weight is 793 g/mol. The summed E-state index contributed by atoms with van der Waals surface area (Å²) in [6.45, 7) is 0.